The van der Waals surface area contributed by atoms with Gasteiger partial charge in [0, 0.05) is 41.1 Å². The van der Waals surface area contributed by atoms with E-state index in [0.717, 1.165) is 0 Å². The summed E-state index contributed by atoms with van der Waals surface area (Å²) in [5.74, 6) is -1.20. The quantitative estimate of drug-likeness (QED) is 0.657. The number of benzene rings is 2. The third-order valence-corrected chi connectivity index (χ3v) is 6.29. The fourth-order valence-corrected chi connectivity index (χ4v) is 4.71. The van der Waals surface area contributed by atoms with E-state index in [1.54, 1.807) is 4.90 Å². The standard InChI is InChI=1S/C21H19NO6S/c23-17-3-1-2-15-18(17)20(25)14-5-4-13(10-16(14)19(15)24)21(26)22-8-6-12(7-9-22)11-29(27)28/h1-5,10,12,23H,6-9,11H2,(H,27,28)/p-1. The van der Waals surface area contributed by atoms with E-state index in [1.807, 2.05) is 0 Å². The molecule has 0 aromatic heterocycles. The summed E-state index contributed by atoms with van der Waals surface area (Å²) in [5.41, 5.74) is 0.729. The van der Waals surface area contributed by atoms with Gasteiger partial charge in [0.1, 0.15) is 5.75 Å². The number of nitrogens with zero attached hydrogens (tertiary/aromatic N) is 1. The molecule has 1 aliphatic carbocycles. The van der Waals surface area contributed by atoms with Crippen LogP contribution in [-0.4, -0.2) is 55.1 Å². The molecule has 1 heterocycles. The fraction of sp³-hybridized carbons (Fsp3) is 0.286. The van der Waals surface area contributed by atoms with Gasteiger partial charge in [0.05, 0.1) is 5.56 Å². The maximum atomic E-state index is 12.9. The molecule has 1 N–H and O–H groups in total. The summed E-state index contributed by atoms with van der Waals surface area (Å²) in [4.78, 5) is 40.1. The number of hydrogen-bond acceptors (Lipinski definition) is 6. The average Bonchev–Trinajstić information content (AvgIpc) is 2.71. The number of rotatable bonds is 3. The molecule has 2 aromatic carbocycles. The molecule has 1 amide bonds. The van der Waals surface area contributed by atoms with Gasteiger partial charge in [-0.3, -0.25) is 18.6 Å². The first-order chi connectivity index (χ1) is 13.9. The Hall–Kier alpha value is -2.84. The van der Waals surface area contributed by atoms with E-state index in [4.69, 9.17) is 0 Å². The Balaban J connectivity index is 1.58. The summed E-state index contributed by atoms with van der Waals surface area (Å²) >= 11 is -2.09. The summed E-state index contributed by atoms with van der Waals surface area (Å²) in [6.07, 6.45) is 1.21. The third kappa shape index (κ3) is 3.49. The number of ketones is 2. The van der Waals surface area contributed by atoms with E-state index in [9.17, 15) is 28.3 Å². The van der Waals surface area contributed by atoms with Crippen molar-refractivity contribution in [1.82, 2.24) is 4.90 Å². The van der Waals surface area contributed by atoms with Gasteiger partial charge in [-0.05, 0) is 43.0 Å². The van der Waals surface area contributed by atoms with Gasteiger partial charge in [0.2, 0.25) is 0 Å². The van der Waals surface area contributed by atoms with Crippen molar-refractivity contribution >= 4 is 28.6 Å². The topological polar surface area (TPSA) is 115 Å². The number of likely N-dealkylation sites (tertiary alicyclic amines) is 1. The van der Waals surface area contributed by atoms with Crippen molar-refractivity contribution in [3.05, 3.63) is 64.2 Å². The van der Waals surface area contributed by atoms with Gasteiger partial charge >= 0.3 is 0 Å². The molecule has 1 atom stereocenters. The summed E-state index contributed by atoms with van der Waals surface area (Å²) in [7, 11) is 0. The number of carbonyl (C=O) groups excluding carboxylic acids is 3. The zero-order valence-corrected chi connectivity index (χ0v) is 16.2. The monoisotopic (exact) mass is 412 g/mol. The molecule has 29 heavy (non-hydrogen) atoms. The van der Waals surface area contributed by atoms with Crippen molar-refractivity contribution in [3.63, 3.8) is 0 Å². The van der Waals surface area contributed by atoms with Crippen LogP contribution in [0.1, 0.15) is 55.0 Å². The highest BCUT2D eigenvalue weighted by atomic mass is 32.2. The summed E-state index contributed by atoms with van der Waals surface area (Å²) in [6, 6.07) is 8.74. The van der Waals surface area contributed by atoms with E-state index in [-0.39, 0.29) is 45.6 Å². The van der Waals surface area contributed by atoms with E-state index in [2.05, 4.69) is 0 Å². The molecule has 0 spiro atoms. The van der Waals surface area contributed by atoms with Crippen molar-refractivity contribution in [3.8, 4) is 5.75 Å². The van der Waals surface area contributed by atoms with Crippen LogP contribution in [0.2, 0.25) is 0 Å². The van der Waals surface area contributed by atoms with Gasteiger partial charge in [0.15, 0.2) is 11.6 Å². The second kappa shape index (κ2) is 7.53. The molecule has 4 rings (SSSR count). The van der Waals surface area contributed by atoms with Crippen LogP contribution in [0.3, 0.4) is 0 Å². The molecule has 1 aliphatic heterocycles. The molecule has 150 valence electrons. The minimum Gasteiger partial charge on any atom is -0.772 e. The van der Waals surface area contributed by atoms with Crippen LogP contribution in [0.4, 0.5) is 0 Å². The lowest BCUT2D eigenvalue weighted by atomic mass is 9.82. The number of hydrogen-bond donors (Lipinski definition) is 1. The van der Waals surface area contributed by atoms with Crippen LogP contribution in [-0.2, 0) is 11.1 Å². The van der Waals surface area contributed by atoms with Crippen LogP contribution < -0.4 is 0 Å². The first-order valence-electron chi connectivity index (χ1n) is 9.27. The highest BCUT2D eigenvalue weighted by molar-refractivity contribution is 7.79. The first kappa shape index (κ1) is 19.5. The molecule has 7 nitrogen and oxygen atoms in total. The van der Waals surface area contributed by atoms with Crippen LogP contribution in [0.25, 0.3) is 0 Å². The van der Waals surface area contributed by atoms with Crippen LogP contribution in [0.5, 0.6) is 5.75 Å². The Morgan fingerprint density at radius 2 is 1.79 bits per heavy atom. The normalized spacial score (nSPS) is 17.6. The highest BCUT2D eigenvalue weighted by Gasteiger charge is 2.33. The lowest BCUT2D eigenvalue weighted by Gasteiger charge is -2.32. The number of phenols is 1. The Labute approximate surface area is 169 Å². The Morgan fingerprint density at radius 1 is 1.07 bits per heavy atom. The molecule has 2 aliphatic rings. The number of phenolic OH excluding ortho intramolecular Hbond substituents is 1. The first-order valence-corrected chi connectivity index (χ1v) is 10.5. The molecular weight excluding hydrogens is 394 g/mol. The van der Waals surface area contributed by atoms with E-state index in [0.29, 0.717) is 31.5 Å². The van der Waals surface area contributed by atoms with Gasteiger partial charge in [-0.25, -0.2) is 0 Å². The highest BCUT2D eigenvalue weighted by Crippen LogP contribution is 2.33. The Morgan fingerprint density at radius 3 is 2.48 bits per heavy atom. The summed E-state index contributed by atoms with van der Waals surface area (Å²) in [5, 5.41) is 9.99. The van der Waals surface area contributed by atoms with Gasteiger partial charge in [-0.1, -0.05) is 23.2 Å². The van der Waals surface area contributed by atoms with Gasteiger partial charge < -0.3 is 14.6 Å². The summed E-state index contributed by atoms with van der Waals surface area (Å²) < 4.78 is 21.7. The van der Waals surface area contributed by atoms with Gasteiger partial charge in [0.25, 0.3) is 5.91 Å². The molecule has 2 aromatic rings. The number of carbonyl (C=O) groups is 3. The fourth-order valence-electron chi connectivity index (χ4n) is 3.99. The largest absolute Gasteiger partial charge is 0.772 e. The van der Waals surface area contributed by atoms with Crippen molar-refractivity contribution in [2.24, 2.45) is 5.92 Å². The molecule has 1 saturated heterocycles. The predicted octanol–water partition coefficient (Wildman–Crippen LogP) is 1.90. The molecule has 8 heteroatoms. The van der Waals surface area contributed by atoms with Gasteiger partial charge in [-0.2, -0.15) is 0 Å². The van der Waals surface area contributed by atoms with Crippen LogP contribution in [0, 0.1) is 5.92 Å². The maximum Gasteiger partial charge on any atom is 0.253 e. The number of aromatic hydroxyl groups is 1. The van der Waals surface area contributed by atoms with Crippen LogP contribution in [0.15, 0.2) is 36.4 Å². The van der Waals surface area contributed by atoms with Crippen molar-refractivity contribution in [2.75, 3.05) is 18.8 Å². The minimum atomic E-state index is -2.09. The zero-order chi connectivity index (χ0) is 20.7. The Bertz CT molecular complexity index is 1060. The van der Waals surface area contributed by atoms with Crippen molar-refractivity contribution in [1.29, 1.82) is 0 Å². The molecule has 1 unspecified atom stereocenters. The lowest BCUT2D eigenvalue weighted by molar-refractivity contribution is 0.0697. The zero-order valence-electron chi connectivity index (χ0n) is 15.4. The smallest absolute Gasteiger partial charge is 0.253 e. The number of piperidine rings is 1. The minimum absolute atomic E-state index is 0.0121. The SMILES string of the molecule is O=C1c2cc(C(=O)N3CCC(CS(=O)[O-])CC3)ccc2C(=O)c2c(O)cccc21. The van der Waals surface area contributed by atoms with Crippen LogP contribution >= 0.6 is 0 Å². The number of amides is 1. The molecule has 0 radical (unpaired) electrons. The Kier molecular flexibility index (Phi) is 5.06. The second-order valence-electron chi connectivity index (χ2n) is 7.32. The molecule has 1 fully saturated rings. The lowest BCUT2D eigenvalue weighted by Crippen LogP contribution is -2.39. The van der Waals surface area contributed by atoms with Crippen molar-refractivity contribution in [2.45, 2.75) is 12.8 Å². The maximum absolute atomic E-state index is 12.9. The molecular formula is C21H18NO6S-. The summed E-state index contributed by atoms with van der Waals surface area (Å²) in [6.45, 7) is 0.892. The van der Waals surface area contributed by atoms with E-state index >= 15 is 0 Å². The second-order valence-corrected chi connectivity index (χ2v) is 8.27. The van der Waals surface area contributed by atoms with Gasteiger partial charge in [-0.15, -0.1) is 0 Å². The van der Waals surface area contributed by atoms with Crippen molar-refractivity contribution < 1.29 is 28.3 Å². The molecule has 0 bridgehead atoms. The third-order valence-electron chi connectivity index (χ3n) is 5.54. The van der Waals surface area contributed by atoms with E-state index < -0.39 is 22.6 Å². The molecule has 0 saturated carbocycles. The average molecular weight is 412 g/mol. The predicted molar refractivity (Wildman–Crippen MR) is 104 cm³/mol. The van der Waals surface area contributed by atoms with E-state index in [1.165, 1.54) is 36.4 Å². The number of fused-ring (bicyclic) bond motifs is 2.